The van der Waals surface area contributed by atoms with Crippen molar-refractivity contribution in [3.8, 4) is 0 Å². The van der Waals surface area contributed by atoms with E-state index in [0.29, 0.717) is 0 Å². The van der Waals surface area contributed by atoms with E-state index in [0.717, 1.165) is 56.4 Å². The second kappa shape index (κ2) is 7.83. The van der Waals surface area contributed by atoms with Gasteiger partial charge in [-0.15, -0.1) is 0 Å². The van der Waals surface area contributed by atoms with Crippen molar-refractivity contribution >= 4 is 17.0 Å². The standard InChI is InChI=1S/C20H26N6/c1-17-8-9-21-20(23-17)25-14-12-24(13-15-25)10-4-5-11-26-16-22-18-6-2-3-7-19(18)26/h2-3,6-9,16H,4-5,10-15H2,1H3. The second-order valence-corrected chi connectivity index (χ2v) is 6.96. The van der Waals surface area contributed by atoms with E-state index in [4.69, 9.17) is 0 Å². The highest BCUT2D eigenvalue weighted by Crippen LogP contribution is 2.14. The van der Waals surface area contributed by atoms with Gasteiger partial charge in [0.15, 0.2) is 0 Å². The van der Waals surface area contributed by atoms with Crippen LogP contribution in [0.3, 0.4) is 0 Å². The van der Waals surface area contributed by atoms with Gasteiger partial charge in [0.2, 0.25) is 5.95 Å². The molecule has 0 saturated carbocycles. The Morgan fingerprint density at radius 2 is 1.73 bits per heavy atom. The van der Waals surface area contributed by atoms with E-state index in [2.05, 4.69) is 47.5 Å². The van der Waals surface area contributed by atoms with Crippen molar-refractivity contribution in [1.82, 2.24) is 24.4 Å². The smallest absolute Gasteiger partial charge is 0.225 e. The Morgan fingerprint density at radius 1 is 0.923 bits per heavy atom. The fourth-order valence-corrected chi connectivity index (χ4v) is 3.57. The average Bonchev–Trinajstić information content (AvgIpc) is 3.09. The molecular formula is C20H26N6. The maximum Gasteiger partial charge on any atom is 0.225 e. The molecule has 0 atom stereocenters. The van der Waals surface area contributed by atoms with Crippen LogP contribution in [0.15, 0.2) is 42.9 Å². The lowest BCUT2D eigenvalue weighted by Gasteiger charge is -2.34. The van der Waals surface area contributed by atoms with Gasteiger partial charge in [-0.2, -0.15) is 0 Å². The summed E-state index contributed by atoms with van der Waals surface area (Å²) in [4.78, 5) is 18.3. The number of benzene rings is 1. The number of nitrogens with zero attached hydrogens (tertiary/aromatic N) is 6. The molecule has 6 nitrogen and oxygen atoms in total. The largest absolute Gasteiger partial charge is 0.338 e. The maximum atomic E-state index is 4.54. The molecule has 0 aliphatic carbocycles. The van der Waals surface area contributed by atoms with Crippen molar-refractivity contribution in [3.05, 3.63) is 48.5 Å². The van der Waals surface area contributed by atoms with Crippen LogP contribution in [0.5, 0.6) is 0 Å². The van der Waals surface area contributed by atoms with Crippen LogP contribution in [0.4, 0.5) is 5.95 Å². The molecule has 4 rings (SSSR count). The van der Waals surface area contributed by atoms with Crippen LogP contribution < -0.4 is 4.90 Å². The van der Waals surface area contributed by atoms with Crippen molar-refractivity contribution in [2.24, 2.45) is 0 Å². The summed E-state index contributed by atoms with van der Waals surface area (Å²) in [5, 5.41) is 0. The van der Waals surface area contributed by atoms with E-state index in [1.807, 2.05) is 31.6 Å². The van der Waals surface area contributed by atoms with E-state index in [-0.39, 0.29) is 0 Å². The number of piperazine rings is 1. The quantitative estimate of drug-likeness (QED) is 0.640. The van der Waals surface area contributed by atoms with Gasteiger partial charge in [0, 0.05) is 44.6 Å². The minimum Gasteiger partial charge on any atom is -0.338 e. The molecule has 1 fully saturated rings. The molecule has 136 valence electrons. The van der Waals surface area contributed by atoms with Gasteiger partial charge < -0.3 is 9.47 Å². The molecule has 0 spiro atoms. The third-order valence-electron chi connectivity index (χ3n) is 5.09. The minimum atomic E-state index is 0.872. The first kappa shape index (κ1) is 17.0. The number of imidazole rings is 1. The monoisotopic (exact) mass is 350 g/mol. The lowest BCUT2D eigenvalue weighted by Crippen LogP contribution is -2.47. The number of unbranched alkanes of at least 4 members (excludes halogenated alkanes) is 1. The number of aryl methyl sites for hydroxylation is 2. The van der Waals surface area contributed by atoms with Crippen LogP contribution in [0.1, 0.15) is 18.5 Å². The zero-order valence-electron chi connectivity index (χ0n) is 15.4. The normalized spacial score (nSPS) is 15.7. The average molecular weight is 350 g/mol. The molecule has 0 amide bonds. The first-order valence-corrected chi connectivity index (χ1v) is 9.46. The third kappa shape index (κ3) is 3.85. The molecule has 1 aliphatic rings. The van der Waals surface area contributed by atoms with Crippen LogP contribution >= 0.6 is 0 Å². The third-order valence-corrected chi connectivity index (χ3v) is 5.09. The van der Waals surface area contributed by atoms with Crippen molar-refractivity contribution < 1.29 is 0 Å². The number of rotatable bonds is 6. The molecule has 0 N–H and O–H groups in total. The summed E-state index contributed by atoms with van der Waals surface area (Å²) in [6.45, 7) is 8.42. The number of hydrogen-bond donors (Lipinski definition) is 0. The van der Waals surface area contributed by atoms with Crippen LogP contribution in [-0.2, 0) is 6.54 Å². The predicted octanol–water partition coefficient (Wildman–Crippen LogP) is 2.74. The van der Waals surface area contributed by atoms with Crippen LogP contribution in [0.25, 0.3) is 11.0 Å². The maximum absolute atomic E-state index is 4.54. The second-order valence-electron chi connectivity index (χ2n) is 6.96. The van der Waals surface area contributed by atoms with Crippen LogP contribution in [0, 0.1) is 6.92 Å². The molecule has 0 radical (unpaired) electrons. The van der Waals surface area contributed by atoms with E-state index < -0.39 is 0 Å². The van der Waals surface area contributed by atoms with Crippen molar-refractivity contribution in [3.63, 3.8) is 0 Å². The first-order chi connectivity index (χ1) is 12.8. The Labute approximate surface area is 154 Å². The molecule has 0 bridgehead atoms. The zero-order valence-corrected chi connectivity index (χ0v) is 15.4. The van der Waals surface area contributed by atoms with E-state index in [1.165, 1.54) is 18.4 Å². The predicted molar refractivity (Wildman–Crippen MR) is 104 cm³/mol. The number of para-hydroxylation sites is 2. The van der Waals surface area contributed by atoms with Crippen molar-refractivity contribution in [1.29, 1.82) is 0 Å². The summed E-state index contributed by atoms with van der Waals surface area (Å²) in [5.74, 6) is 0.872. The Hall–Kier alpha value is -2.47. The summed E-state index contributed by atoms with van der Waals surface area (Å²) in [5.41, 5.74) is 3.35. The fourth-order valence-electron chi connectivity index (χ4n) is 3.57. The zero-order chi connectivity index (χ0) is 17.8. The summed E-state index contributed by atoms with van der Waals surface area (Å²) in [6, 6.07) is 10.3. The molecule has 3 aromatic rings. The highest BCUT2D eigenvalue weighted by Gasteiger charge is 2.18. The summed E-state index contributed by atoms with van der Waals surface area (Å²) in [7, 11) is 0. The van der Waals surface area contributed by atoms with E-state index in [9.17, 15) is 0 Å². The molecule has 1 aliphatic heterocycles. The SMILES string of the molecule is Cc1ccnc(N2CCN(CCCCn3cnc4ccccc43)CC2)n1. The van der Waals surface area contributed by atoms with Gasteiger partial charge in [-0.1, -0.05) is 12.1 Å². The lowest BCUT2D eigenvalue weighted by molar-refractivity contribution is 0.250. The van der Waals surface area contributed by atoms with Gasteiger partial charge in [-0.05, 0) is 44.5 Å². The highest BCUT2D eigenvalue weighted by atomic mass is 15.3. The highest BCUT2D eigenvalue weighted by molar-refractivity contribution is 5.74. The van der Waals surface area contributed by atoms with Crippen LogP contribution in [-0.4, -0.2) is 57.1 Å². The topological polar surface area (TPSA) is 50.1 Å². The van der Waals surface area contributed by atoms with Crippen molar-refractivity contribution in [2.45, 2.75) is 26.3 Å². The fraction of sp³-hybridized carbons (Fsp3) is 0.450. The molecular weight excluding hydrogens is 324 g/mol. The summed E-state index contributed by atoms with van der Waals surface area (Å²) >= 11 is 0. The molecule has 2 aromatic heterocycles. The van der Waals surface area contributed by atoms with Crippen molar-refractivity contribution in [2.75, 3.05) is 37.6 Å². The Bertz CT molecular complexity index is 850. The van der Waals surface area contributed by atoms with Gasteiger partial charge in [0.05, 0.1) is 17.4 Å². The van der Waals surface area contributed by atoms with Gasteiger partial charge in [-0.25, -0.2) is 15.0 Å². The Balaban J connectivity index is 1.20. The van der Waals surface area contributed by atoms with Gasteiger partial charge in [-0.3, -0.25) is 4.90 Å². The summed E-state index contributed by atoms with van der Waals surface area (Å²) in [6.07, 6.45) is 6.21. The molecule has 3 heterocycles. The number of hydrogen-bond acceptors (Lipinski definition) is 5. The van der Waals surface area contributed by atoms with Gasteiger partial charge in [0.25, 0.3) is 0 Å². The number of fused-ring (bicyclic) bond motifs is 1. The Morgan fingerprint density at radius 3 is 2.58 bits per heavy atom. The number of aromatic nitrogens is 4. The molecule has 1 saturated heterocycles. The lowest BCUT2D eigenvalue weighted by atomic mass is 10.2. The molecule has 0 unspecified atom stereocenters. The molecule has 26 heavy (non-hydrogen) atoms. The molecule has 1 aromatic carbocycles. The van der Waals surface area contributed by atoms with E-state index in [1.54, 1.807) is 0 Å². The van der Waals surface area contributed by atoms with E-state index >= 15 is 0 Å². The molecule has 6 heteroatoms. The van der Waals surface area contributed by atoms with Crippen LogP contribution in [0.2, 0.25) is 0 Å². The van der Waals surface area contributed by atoms with Gasteiger partial charge >= 0.3 is 0 Å². The Kier molecular flexibility index (Phi) is 5.11. The summed E-state index contributed by atoms with van der Waals surface area (Å²) < 4.78 is 2.27. The van der Waals surface area contributed by atoms with Gasteiger partial charge in [0.1, 0.15) is 0 Å². The first-order valence-electron chi connectivity index (χ1n) is 9.46. The number of anilines is 1. The minimum absolute atomic E-state index is 0.872.